The van der Waals surface area contributed by atoms with Gasteiger partial charge in [-0.1, -0.05) is 6.92 Å². The van der Waals surface area contributed by atoms with Crippen LogP contribution in [-0.2, 0) is 6.54 Å². The lowest BCUT2D eigenvalue weighted by atomic mass is 9.90. The Bertz CT molecular complexity index is 454. The van der Waals surface area contributed by atoms with Crippen molar-refractivity contribution in [3.05, 3.63) is 23.8 Å². The molecule has 1 saturated heterocycles. The molecule has 2 aliphatic rings. The van der Waals surface area contributed by atoms with Crippen LogP contribution in [0.15, 0.2) is 12.4 Å². The molecule has 0 amide bonds. The van der Waals surface area contributed by atoms with E-state index in [1.54, 1.807) is 0 Å². The van der Waals surface area contributed by atoms with Crippen molar-refractivity contribution in [3.63, 3.8) is 0 Å². The van der Waals surface area contributed by atoms with Crippen LogP contribution >= 0.6 is 0 Å². The van der Waals surface area contributed by atoms with Crippen LogP contribution < -0.4 is 5.32 Å². The van der Waals surface area contributed by atoms with Crippen molar-refractivity contribution in [3.8, 4) is 0 Å². The van der Waals surface area contributed by atoms with Crippen molar-refractivity contribution in [2.24, 2.45) is 5.92 Å². The van der Waals surface area contributed by atoms with Gasteiger partial charge < -0.3 is 5.32 Å². The summed E-state index contributed by atoms with van der Waals surface area (Å²) in [5.74, 6) is 0.868. The molecule has 4 heteroatoms. The first-order chi connectivity index (χ1) is 9.60. The number of rotatable bonds is 4. The predicted octanol–water partition coefficient (Wildman–Crippen LogP) is 2.14. The summed E-state index contributed by atoms with van der Waals surface area (Å²) in [6.45, 7) is 9.81. The first-order valence-electron chi connectivity index (χ1n) is 7.87. The molecule has 1 saturated carbocycles. The number of aromatic nitrogens is 2. The minimum absolute atomic E-state index is 0.295. The van der Waals surface area contributed by atoms with Gasteiger partial charge in [0.15, 0.2) is 0 Å². The van der Waals surface area contributed by atoms with E-state index in [2.05, 4.69) is 34.0 Å². The summed E-state index contributed by atoms with van der Waals surface area (Å²) in [6, 6.07) is 0.616. The van der Waals surface area contributed by atoms with Crippen molar-refractivity contribution < 1.29 is 0 Å². The van der Waals surface area contributed by atoms with Crippen molar-refractivity contribution in [2.75, 3.05) is 13.1 Å². The topological polar surface area (TPSA) is 41.0 Å². The molecule has 20 heavy (non-hydrogen) atoms. The molecular formula is C16H26N4. The summed E-state index contributed by atoms with van der Waals surface area (Å²) in [5, 5.41) is 3.81. The van der Waals surface area contributed by atoms with Gasteiger partial charge in [-0.3, -0.25) is 14.9 Å². The Balaban J connectivity index is 1.72. The van der Waals surface area contributed by atoms with Crippen molar-refractivity contribution in [1.29, 1.82) is 0 Å². The third-order valence-electron chi connectivity index (χ3n) is 4.94. The fourth-order valence-electron chi connectivity index (χ4n) is 3.38. The molecule has 0 bridgehead atoms. The van der Waals surface area contributed by atoms with Crippen LogP contribution in [0.2, 0.25) is 0 Å². The fraction of sp³-hybridized carbons (Fsp3) is 0.750. The summed E-state index contributed by atoms with van der Waals surface area (Å²) in [7, 11) is 0. The SMILES string of the molecule is CCC1CNC(C)(C2CC2)CN1Cc1cnc(C)cn1. The molecule has 110 valence electrons. The number of aryl methyl sites for hydroxylation is 1. The highest BCUT2D eigenvalue weighted by atomic mass is 15.3. The van der Waals surface area contributed by atoms with Crippen LogP contribution in [0.25, 0.3) is 0 Å². The van der Waals surface area contributed by atoms with Gasteiger partial charge >= 0.3 is 0 Å². The van der Waals surface area contributed by atoms with Gasteiger partial charge in [0.25, 0.3) is 0 Å². The minimum Gasteiger partial charge on any atom is -0.308 e. The van der Waals surface area contributed by atoms with Gasteiger partial charge in [0.05, 0.1) is 11.4 Å². The molecule has 0 spiro atoms. The number of piperazine rings is 1. The van der Waals surface area contributed by atoms with Gasteiger partial charge in [-0.15, -0.1) is 0 Å². The van der Waals surface area contributed by atoms with Crippen molar-refractivity contribution in [1.82, 2.24) is 20.2 Å². The Hall–Kier alpha value is -1.00. The molecule has 1 aromatic rings. The predicted molar refractivity (Wildman–Crippen MR) is 80.4 cm³/mol. The maximum atomic E-state index is 4.52. The molecule has 4 nitrogen and oxygen atoms in total. The standard InChI is InChI=1S/C16H26N4/c1-4-15-9-19-16(3,13-5-6-13)11-20(15)10-14-8-17-12(2)7-18-14/h7-8,13,15,19H,4-6,9-11H2,1-3H3. The maximum absolute atomic E-state index is 4.52. The first-order valence-corrected chi connectivity index (χ1v) is 7.87. The van der Waals surface area contributed by atoms with Gasteiger partial charge in [-0.25, -0.2) is 0 Å². The van der Waals surface area contributed by atoms with E-state index >= 15 is 0 Å². The molecule has 1 aromatic heterocycles. The summed E-state index contributed by atoms with van der Waals surface area (Å²) >= 11 is 0. The number of nitrogens with zero attached hydrogens (tertiary/aromatic N) is 3. The Labute approximate surface area is 122 Å². The summed E-state index contributed by atoms with van der Waals surface area (Å²) in [4.78, 5) is 11.5. The lowest BCUT2D eigenvalue weighted by molar-refractivity contribution is 0.0655. The van der Waals surface area contributed by atoms with Crippen LogP contribution in [0.1, 0.15) is 44.5 Å². The summed E-state index contributed by atoms with van der Waals surface area (Å²) in [6.07, 6.45) is 7.76. The lowest BCUT2D eigenvalue weighted by Crippen LogP contribution is -2.63. The molecule has 2 unspecified atom stereocenters. The second-order valence-corrected chi connectivity index (χ2v) is 6.69. The molecular weight excluding hydrogens is 248 g/mol. The second-order valence-electron chi connectivity index (χ2n) is 6.69. The molecule has 3 rings (SSSR count). The van der Waals surface area contributed by atoms with Gasteiger partial charge in [-0.05, 0) is 39.0 Å². The highest BCUT2D eigenvalue weighted by Crippen LogP contribution is 2.41. The van der Waals surface area contributed by atoms with E-state index in [0.29, 0.717) is 11.6 Å². The van der Waals surface area contributed by atoms with Crippen molar-refractivity contribution >= 4 is 0 Å². The number of hydrogen-bond acceptors (Lipinski definition) is 4. The third kappa shape index (κ3) is 2.86. The Morgan fingerprint density at radius 1 is 1.35 bits per heavy atom. The summed E-state index contributed by atoms with van der Waals surface area (Å²) < 4.78 is 0. The number of nitrogens with one attached hydrogen (secondary N) is 1. The van der Waals surface area contributed by atoms with E-state index < -0.39 is 0 Å². The average Bonchev–Trinajstić information content (AvgIpc) is 3.27. The van der Waals surface area contributed by atoms with Gasteiger partial charge in [0.1, 0.15) is 0 Å². The minimum atomic E-state index is 0.295. The zero-order valence-corrected chi connectivity index (χ0v) is 12.9. The quantitative estimate of drug-likeness (QED) is 0.913. The molecule has 2 atom stereocenters. The molecule has 1 aliphatic carbocycles. The molecule has 1 aliphatic heterocycles. The zero-order valence-electron chi connectivity index (χ0n) is 12.9. The van der Waals surface area contributed by atoms with Gasteiger partial charge in [0.2, 0.25) is 0 Å². The number of hydrogen-bond donors (Lipinski definition) is 1. The van der Waals surface area contributed by atoms with E-state index in [1.807, 2.05) is 19.3 Å². The smallest absolute Gasteiger partial charge is 0.0727 e. The second kappa shape index (κ2) is 5.41. The van der Waals surface area contributed by atoms with Crippen LogP contribution in [-0.4, -0.2) is 39.5 Å². The zero-order chi connectivity index (χ0) is 14.2. The molecule has 1 N–H and O–H groups in total. The Morgan fingerprint density at radius 3 is 2.75 bits per heavy atom. The van der Waals surface area contributed by atoms with Crippen LogP contribution in [0.4, 0.5) is 0 Å². The summed E-state index contributed by atoms with van der Waals surface area (Å²) in [5.41, 5.74) is 2.38. The average molecular weight is 274 g/mol. The van der Waals surface area contributed by atoms with E-state index in [4.69, 9.17) is 0 Å². The molecule has 0 radical (unpaired) electrons. The molecule has 0 aromatic carbocycles. The van der Waals surface area contributed by atoms with Gasteiger partial charge in [0, 0.05) is 43.6 Å². The normalized spacial score (nSPS) is 31.4. The highest BCUT2D eigenvalue weighted by molar-refractivity contribution is 5.06. The van der Waals surface area contributed by atoms with Crippen LogP contribution in [0, 0.1) is 12.8 Å². The van der Waals surface area contributed by atoms with E-state index in [-0.39, 0.29) is 0 Å². The molecule has 2 heterocycles. The Morgan fingerprint density at radius 2 is 2.15 bits per heavy atom. The largest absolute Gasteiger partial charge is 0.308 e. The van der Waals surface area contributed by atoms with E-state index in [1.165, 1.54) is 19.3 Å². The Kier molecular flexibility index (Phi) is 3.78. The van der Waals surface area contributed by atoms with Crippen molar-refractivity contribution in [2.45, 2.75) is 58.2 Å². The fourth-order valence-corrected chi connectivity index (χ4v) is 3.38. The molecule has 2 fully saturated rings. The third-order valence-corrected chi connectivity index (χ3v) is 4.94. The first kappa shape index (κ1) is 14.0. The lowest BCUT2D eigenvalue weighted by Gasteiger charge is -2.46. The van der Waals surface area contributed by atoms with Gasteiger partial charge in [-0.2, -0.15) is 0 Å². The van der Waals surface area contributed by atoms with E-state index in [0.717, 1.165) is 36.9 Å². The monoisotopic (exact) mass is 274 g/mol. The highest BCUT2D eigenvalue weighted by Gasteiger charge is 2.45. The van der Waals surface area contributed by atoms with Crippen LogP contribution in [0.5, 0.6) is 0 Å². The van der Waals surface area contributed by atoms with Crippen LogP contribution in [0.3, 0.4) is 0 Å². The maximum Gasteiger partial charge on any atom is 0.0727 e. The van der Waals surface area contributed by atoms with E-state index in [9.17, 15) is 0 Å².